The summed E-state index contributed by atoms with van der Waals surface area (Å²) in [6, 6.07) is 3.38. The zero-order valence-electron chi connectivity index (χ0n) is 12.7. The monoisotopic (exact) mass is 372 g/mol. The molecule has 0 aliphatic rings. The number of thiazole rings is 1. The van der Waals surface area contributed by atoms with Crippen LogP contribution in [0.3, 0.4) is 0 Å². The Labute approximate surface area is 147 Å². The van der Waals surface area contributed by atoms with Crippen LogP contribution in [0.15, 0.2) is 12.1 Å². The van der Waals surface area contributed by atoms with Gasteiger partial charge < -0.3 is 10.1 Å². The van der Waals surface area contributed by atoms with Crippen molar-refractivity contribution >= 4 is 52.1 Å². The molecule has 122 valence electrons. The molecular weight excluding hydrogens is 359 g/mol. The molecule has 0 saturated heterocycles. The van der Waals surface area contributed by atoms with Crippen LogP contribution in [0.1, 0.15) is 25.9 Å². The van der Waals surface area contributed by atoms with Crippen LogP contribution in [-0.2, 0) is 9.53 Å². The smallest absolute Gasteiger partial charge is 0.350 e. The van der Waals surface area contributed by atoms with E-state index in [4.69, 9.17) is 27.9 Å². The predicted octanol–water partition coefficient (Wildman–Crippen LogP) is 4.17. The fourth-order valence-corrected chi connectivity index (χ4v) is 3.14. The number of nitrogens with one attached hydrogen (secondary N) is 1. The molecule has 0 aliphatic carbocycles. The van der Waals surface area contributed by atoms with Crippen LogP contribution in [-0.4, -0.2) is 23.5 Å². The van der Waals surface area contributed by atoms with Gasteiger partial charge in [-0.05, 0) is 32.4 Å². The van der Waals surface area contributed by atoms with Crippen LogP contribution in [0.5, 0.6) is 0 Å². The Morgan fingerprint density at radius 2 is 1.96 bits per heavy atom. The number of aromatic nitrogens is 1. The normalized spacial score (nSPS) is 10.5. The lowest BCUT2D eigenvalue weighted by molar-refractivity contribution is -0.119. The Balaban J connectivity index is 2.00. The molecule has 0 radical (unpaired) electrons. The average molecular weight is 373 g/mol. The summed E-state index contributed by atoms with van der Waals surface area (Å²) >= 11 is 13.4. The molecule has 0 saturated carbocycles. The van der Waals surface area contributed by atoms with E-state index in [0.29, 0.717) is 26.3 Å². The number of hydrogen-bond donors (Lipinski definition) is 1. The quantitative estimate of drug-likeness (QED) is 0.817. The van der Waals surface area contributed by atoms with E-state index in [1.165, 1.54) is 11.3 Å². The lowest BCUT2D eigenvalue weighted by Crippen LogP contribution is -2.21. The van der Waals surface area contributed by atoms with Crippen molar-refractivity contribution in [1.82, 2.24) is 4.98 Å². The first-order valence-corrected chi connectivity index (χ1v) is 8.22. The van der Waals surface area contributed by atoms with Crippen LogP contribution in [0.25, 0.3) is 0 Å². The maximum atomic E-state index is 11.9. The molecule has 1 aromatic carbocycles. The first-order chi connectivity index (χ1) is 10.8. The molecule has 2 aromatic rings. The van der Waals surface area contributed by atoms with Gasteiger partial charge >= 0.3 is 5.97 Å². The summed E-state index contributed by atoms with van der Waals surface area (Å²) in [5.41, 5.74) is 1.67. The third-order valence-corrected chi connectivity index (χ3v) is 4.83. The van der Waals surface area contributed by atoms with Gasteiger partial charge in [-0.3, -0.25) is 4.79 Å². The number of ether oxygens (including phenoxy) is 1. The number of esters is 1. The van der Waals surface area contributed by atoms with E-state index in [-0.39, 0.29) is 0 Å². The van der Waals surface area contributed by atoms with E-state index in [1.807, 2.05) is 0 Å². The van der Waals surface area contributed by atoms with Crippen LogP contribution in [0.2, 0.25) is 10.0 Å². The van der Waals surface area contributed by atoms with Crippen LogP contribution in [0, 0.1) is 20.8 Å². The molecule has 1 heterocycles. The first-order valence-electron chi connectivity index (χ1n) is 6.65. The maximum absolute atomic E-state index is 11.9. The molecule has 0 spiro atoms. The van der Waals surface area contributed by atoms with Crippen LogP contribution < -0.4 is 5.32 Å². The van der Waals surface area contributed by atoms with Gasteiger partial charge in [0.1, 0.15) is 4.88 Å². The predicted molar refractivity (Wildman–Crippen MR) is 91.7 cm³/mol. The largest absolute Gasteiger partial charge is 0.451 e. The molecule has 0 atom stereocenters. The molecule has 23 heavy (non-hydrogen) atoms. The summed E-state index contributed by atoms with van der Waals surface area (Å²) in [5.74, 6) is -1.10. The Hall–Kier alpha value is -1.63. The van der Waals surface area contributed by atoms with Crippen molar-refractivity contribution in [3.8, 4) is 0 Å². The molecule has 1 aromatic heterocycles. The second-order valence-corrected chi connectivity index (χ2v) is 6.81. The molecule has 0 aliphatic heterocycles. The third-order valence-electron chi connectivity index (χ3n) is 2.97. The summed E-state index contributed by atoms with van der Waals surface area (Å²) in [6.07, 6.45) is 0. The topological polar surface area (TPSA) is 68.3 Å². The number of rotatable bonds is 4. The van der Waals surface area contributed by atoms with E-state index in [0.717, 1.165) is 10.6 Å². The molecule has 1 N–H and O–H groups in total. The number of hydrogen-bond acceptors (Lipinski definition) is 5. The van der Waals surface area contributed by atoms with E-state index >= 15 is 0 Å². The van der Waals surface area contributed by atoms with Crippen molar-refractivity contribution in [1.29, 1.82) is 0 Å². The average Bonchev–Trinajstić information content (AvgIpc) is 2.84. The summed E-state index contributed by atoms with van der Waals surface area (Å²) in [6.45, 7) is 4.87. The van der Waals surface area contributed by atoms with Gasteiger partial charge in [0.25, 0.3) is 5.91 Å². The van der Waals surface area contributed by atoms with Crippen molar-refractivity contribution in [2.45, 2.75) is 20.8 Å². The second kappa shape index (κ2) is 7.29. The lowest BCUT2D eigenvalue weighted by Gasteiger charge is -2.11. The SMILES string of the molecule is Cc1nc(C)c(C(=O)OCC(=O)Nc2c(Cl)ccc(C)c2Cl)s1. The highest BCUT2D eigenvalue weighted by atomic mass is 35.5. The van der Waals surface area contributed by atoms with Crippen molar-refractivity contribution < 1.29 is 14.3 Å². The number of anilines is 1. The first kappa shape index (κ1) is 17.7. The molecular formula is C15H14Cl2N2O3S. The van der Waals surface area contributed by atoms with Gasteiger partial charge in [-0.25, -0.2) is 9.78 Å². The minimum absolute atomic E-state index is 0.305. The van der Waals surface area contributed by atoms with Gasteiger partial charge in [0.15, 0.2) is 6.61 Å². The van der Waals surface area contributed by atoms with Gasteiger partial charge in [0.05, 0.1) is 26.4 Å². The van der Waals surface area contributed by atoms with E-state index < -0.39 is 18.5 Å². The zero-order valence-corrected chi connectivity index (χ0v) is 15.0. The standard InChI is InChI=1S/C15H14Cl2N2O3S/c1-7-4-5-10(16)13(12(7)17)19-11(20)6-22-15(21)14-8(2)18-9(3)23-14/h4-5H,6H2,1-3H3,(H,19,20). The summed E-state index contributed by atoms with van der Waals surface area (Å²) < 4.78 is 5.00. The molecule has 1 amide bonds. The van der Waals surface area contributed by atoms with E-state index in [2.05, 4.69) is 10.3 Å². The number of amides is 1. The fourth-order valence-electron chi connectivity index (χ4n) is 1.86. The van der Waals surface area contributed by atoms with Gasteiger partial charge in [-0.15, -0.1) is 11.3 Å². The molecule has 0 fully saturated rings. The summed E-state index contributed by atoms with van der Waals surface area (Å²) in [4.78, 5) is 28.4. The molecule has 5 nitrogen and oxygen atoms in total. The van der Waals surface area contributed by atoms with Crippen molar-refractivity contribution in [3.63, 3.8) is 0 Å². The van der Waals surface area contributed by atoms with Gasteiger partial charge in [0, 0.05) is 0 Å². The summed E-state index contributed by atoms with van der Waals surface area (Å²) in [7, 11) is 0. The number of carbonyl (C=O) groups is 2. The fraction of sp³-hybridized carbons (Fsp3) is 0.267. The van der Waals surface area contributed by atoms with Crippen LogP contribution in [0.4, 0.5) is 5.69 Å². The van der Waals surface area contributed by atoms with Crippen LogP contribution >= 0.6 is 34.5 Å². The van der Waals surface area contributed by atoms with Crippen molar-refractivity contribution in [2.24, 2.45) is 0 Å². The Kier molecular flexibility index (Phi) is 5.62. The van der Waals surface area contributed by atoms with E-state index in [1.54, 1.807) is 32.9 Å². The molecule has 0 unspecified atom stereocenters. The van der Waals surface area contributed by atoms with Gasteiger partial charge in [-0.1, -0.05) is 29.3 Å². The third kappa shape index (κ3) is 4.22. The number of nitrogens with zero attached hydrogens (tertiary/aromatic N) is 1. The van der Waals surface area contributed by atoms with Crippen molar-refractivity contribution in [3.05, 3.63) is 43.3 Å². The van der Waals surface area contributed by atoms with Gasteiger partial charge in [-0.2, -0.15) is 0 Å². The van der Waals surface area contributed by atoms with Gasteiger partial charge in [0.2, 0.25) is 0 Å². The summed E-state index contributed by atoms with van der Waals surface area (Å²) in [5, 5.41) is 3.98. The maximum Gasteiger partial charge on any atom is 0.350 e. The van der Waals surface area contributed by atoms with Crippen molar-refractivity contribution in [2.75, 3.05) is 11.9 Å². The highest BCUT2D eigenvalue weighted by Gasteiger charge is 2.18. The Morgan fingerprint density at radius 3 is 2.57 bits per heavy atom. The lowest BCUT2D eigenvalue weighted by atomic mass is 10.2. The highest BCUT2D eigenvalue weighted by Crippen LogP contribution is 2.32. The molecule has 8 heteroatoms. The number of benzene rings is 1. The molecule has 2 rings (SSSR count). The number of halogens is 2. The minimum Gasteiger partial charge on any atom is -0.451 e. The Bertz CT molecular complexity index is 774. The number of carbonyl (C=O) groups excluding carboxylic acids is 2. The second-order valence-electron chi connectivity index (χ2n) is 4.82. The zero-order chi connectivity index (χ0) is 17.1. The Morgan fingerprint density at radius 1 is 1.26 bits per heavy atom. The molecule has 0 bridgehead atoms. The highest BCUT2D eigenvalue weighted by molar-refractivity contribution is 7.13. The minimum atomic E-state index is -0.579. The number of aryl methyl sites for hydroxylation is 3. The van der Waals surface area contributed by atoms with E-state index in [9.17, 15) is 9.59 Å².